The lowest BCUT2D eigenvalue weighted by Gasteiger charge is -2.16. The highest BCUT2D eigenvalue weighted by Gasteiger charge is 2.44. The molecule has 0 unspecified atom stereocenters. The van der Waals surface area contributed by atoms with Gasteiger partial charge in [-0.3, -0.25) is 14.3 Å². The Morgan fingerprint density at radius 1 is 1.45 bits per heavy atom. The largest absolute Gasteiger partial charge is 0.459 e. The maximum atomic E-state index is 11.7. The molecular formula is C13H16N2O7. The van der Waals surface area contributed by atoms with Crippen LogP contribution in [0, 0.1) is 0 Å². The summed E-state index contributed by atoms with van der Waals surface area (Å²) in [6.07, 6.45) is -3.85. The van der Waals surface area contributed by atoms with Crippen LogP contribution in [0.2, 0.25) is 0 Å². The van der Waals surface area contributed by atoms with Gasteiger partial charge in [0, 0.05) is 17.8 Å². The van der Waals surface area contributed by atoms with Crippen molar-refractivity contribution in [2.24, 2.45) is 0 Å². The van der Waals surface area contributed by atoms with Crippen LogP contribution in [0.3, 0.4) is 0 Å². The summed E-state index contributed by atoms with van der Waals surface area (Å²) in [6.45, 7) is 4.57. The van der Waals surface area contributed by atoms with E-state index in [1.165, 1.54) is 6.92 Å². The molecule has 1 aromatic rings. The number of nitrogens with one attached hydrogen (secondary N) is 1. The van der Waals surface area contributed by atoms with E-state index in [0.717, 1.165) is 16.8 Å². The predicted molar refractivity (Wildman–Crippen MR) is 73.0 cm³/mol. The van der Waals surface area contributed by atoms with E-state index in [9.17, 15) is 24.6 Å². The molecule has 1 fully saturated rings. The van der Waals surface area contributed by atoms with Crippen molar-refractivity contribution in [1.29, 1.82) is 0 Å². The van der Waals surface area contributed by atoms with Crippen molar-refractivity contribution in [3.05, 3.63) is 45.3 Å². The van der Waals surface area contributed by atoms with E-state index < -0.39 is 41.8 Å². The summed E-state index contributed by atoms with van der Waals surface area (Å²) >= 11 is 0. The van der Waals surface area contributed by atoms with E-state index in [4.69, 9.17) is 9.47 Å². The van der Waals surface area contributed by atoms with E-state index in [2.05, 4.69) is 6.58 Å². The predicted octanol–water partition coefficient (Wildman–Crippen LogP) is -1.72. The molecule has 22 heavy (non-hydrogen) atoms. The third kappa shape index (κ3) is 3.16. The lowest BCUT2D eigenvalue weighted by Crippen LogP contribution is -2.37. The zero-order chi connectivity index (χ0) is 16.4. The molecule has 120 valence electrons. The van der Waals surface area contributed by atoms with Crippen molar-refractivity contribution in [3.8, 4) is 0 Å². The first-order valence-electron chi connectivity index (χ1n) is 6.47. The normalized spacial score (nSPS) is 27.6. The van der Waals surface area contributed by atoms with Crippen LogP contribution in [0.15, 0.2) is 34.0 Å². The SMILES string of the molecule is C=C(C)C(=O)OC[C@H]1O[C@@H](n2ccc(=O)[nH]c2=O)[C@H](O)[C@@H]1O. The summed E-state index contributed by atoms with van der Waals surface area (Å²) in [5, 5.41) is 19.9. The highest BCUT2D eigenvalue weighted by atomic mass is 16.6. The molecule has 4 atom stereocenters. The van der Waals surface area contributed by atoms with Gasteiger partial charge in [0.1, 0.15) is 24.9 Å². The number of aliphatic hydroxyl groups is 2. The smallest absolute Gasteiger partial charge is 0.333 e. The number of aromatic nitrogens is 2. The van der Waals surface area contributed by atoms with Crippen molar-refractivity contribution in [3.63, 3.8) is 0 Å². The van der Waals surface area contributed by atoms with Crippen molar-refractivity contribution in [2.45, 2.75) is 31.5 Å². The monoisotopic (exact) mass is 312 g/mol. The summed E-state index contributed by atoms with van der Waals surface area (Å²) in [4.78, 5) is 36.0. The molecule has 3 N–H and O–H groups in total. The number of hydrogen-bond donors (Lipinski definition) is 3. The van der Waals surface area contributed by atoms with Crippen LogP contribution in [-0.2, 0) is 14.3 Å². The Bertz CT molecular complexity index is 692. The average Bonchev–Trinajstić information content (AvgIpc) is 2.73. The summed E-state index contributed by atoms with van der Waals surface area (Å²) in [5.74, 6) is -0.657. The van der Waals surface area contributed by atoms with Gasteiger partial charge in [-0.05, 0) is 6.92 Å². The molecule has 2 heterocycles. The summed E-state index contributed by atoms with van der Waals surface area (Å²) < 4.78 is 11.2. The number of esters is 1. The molecule has 1 aliphatic rings. The molecular weight excluding hydrogens is 296 g/mol. The second-order valence-corrected chi connectivity index (χ2v) is 4.94. The minimum atomic E-state index is -1.42. The lowest BCUT2D eigenvalue weighted by molar-refractivity contribution is -0.145. The van der Waals surface area contributed by atoms with E-state index >= 15 is 0 Å². The van der Waals surface area contributed by atoms with Crippen molar-refractivity contribution < 1.29 is 24.5 Å². The maximum absolute atomic E-state index is 11.7. The van der Waals surface area contributed by atoms with Crippen LogP contribution in [0.5, 0.6) is 0 Å². The third-order valence-corrected chi connectivity index (χ3v) is 3.19. The fraction of sp³-hybridized carbons (Fsp3) is 0.462. The van der Waals surface area contributed by atoms with Gasteiger partial charge in [0.05, 0.1) is 0 Å². The molecule has 0 spiro atoms. The van der Waals surface area contributed by atoms with Crippen molar-refractivity contribution in [1.82, 2.24) is 9.55 Å². The van der Waals surface area contributed by atoms with Gasteiger partial charge in [-0.15, -0.1) is 0 Å². The first kappa shape index (κ1) is 16.1. The van der Waals surface area contributed by atoms with E-state index in [0.29, 0.717) is 0 Å². The quantitative estimate of drug-likeness (QED) is 0.445. The molecule has 9 nitrogen and oxygen atoms in total. The lowest BCUT2D eigenvalue weighted by atomic mass is 10.1. The Hall–Kier alpha value is -2.23. The highest BCUT2D eigenvalue weighted by Crippen LogP contribution is 2.28. The van der Waals surface area contributed by atoms with Crippen LogP contribution < -0.4 is 11.2 Å². The number of ether oxygens (including phenoxy) is 2. The number of rotatable bonds is 4. The highest BCUT2D eigenvalue weighted by molar-refractivity contribution is 5.86. The van der Waals surface area contributed by atoms with Crippen LogP contribution in [0.4, 0.5) is 0 Å². The minimum Gasteiger partial charge on any atom is -0.459 e. The van der Waals surface area contributed by atoms with Crippen molar-refractivity contribution in [2.75, 3.05) is 6.61 Å². The summed E-state index contributed by atoms with van der Waals surface area (Å²) in [7, 11) is 0. The van der Waals surface area contributed by atoms with Crippen molar-refractivity contribution >= 4 is 5.97 Å². The average molecular weight is 312 g/mol. The van der Waals surface area contributed by atoms with Gasteiger partial charge in [0.25, 0.3) is 5.56 Å². The Morgan fingerprint density at radius 3 is 2.73 bits per heavy atom. The van der Waals surface area contributed by atoms with Gasteiger partial charge in [0.15, 0.2) is 6.23 Å². The molecule has 2 rings (SSSR count). The Kier molecular flexibility index (Phi) is 4.59. The topological polar surface area (TPSA) is 131 Å². The van der Waals surface area contributed by atoms with Crippen LogP contribution in [-0.4, -0.2) is 50.7 Å². The van der Waals surface area contributed by atoms with E-state index in [1.807, 2.05) is 4.98 Å². The number of carbonyl (C=O) groups excluding carboxylic acids is 1. The van der Waals surface area contributed by atoms with Gasteiger partial charge >= 0.3 is 11.7 Å². The van der Waals surface area contributed by atoms with Gasteiger partial charge in [-0.2, -0.15) is 0 Å². The number of aliphatic hydroxyl groups excluding tert-OH is 2. The zero-order valence-electron chi connectivity index (χ0n) is 11.8. The summed E-state index contributed by atoms with van der Waals surface area (Å²) in [5.41, 5.74) is -1.20. The van der Waals surface area contributed by atoms with Gasteiger partial charge in [-0.1, -0.05) is 6.58 Å². The van der Waals surface area contributed by atoms with Crippen LogP contribution in [0.1, 0.15) is 13.2 Å². The fourth-order valence-electron chi connectivity index (χ4n) is 2.01. The Labute approximate surface area is 124 Å². The van der Waals surface area contributed by atoms with Gasteiger partial charge in [0.2, 0.25) is 0 Å². The van der Waals surface area contributed by atoms with Gasteiger partial charge < -0.3 is 19.7 Å². The number of H-pyrrole nitrogens is 1. The second-order valence-electron chi connectivity index (χ2n) is 4.94. The molecule has 1 aromatic heterocycles. The molecule has 0 aromatic carbocycles. The molecule has 1 aliphatic heterocycles. The molecule has 0 saturated carbocycles. The second kappa shape index (κ2) is 6.26. The molecule has 1 saturated heterocycles. The van der Waals surface area contributed by atoms with Gasteiger partial charge in [-0.25, -0.2) is 9.59 Å². The minimum absolute atomic E-state index is 0.182. The van der Waals surface area contributed by atoms with Crippen LogP contribution in [0.25, 0.3) is 0 Å². The zero-order valence-corrected chi connectivity index (χ0v) is 11.8. The summed E-state index contributed by atoms with van der Waals surface area (Å²) in [6, 6.07) is 1.08. The molecule has 0 radical (unpaired) electrons. The molecule has 0 bridgehead atoms. The number of aromatic amines is 1. The maximum Gasteiger partial charge on any atom is 0.333 e. The van der Waals surface area contributed by atoms with E-state index in [-0.39, 0.29) is 12.2 Å². The number of carbonyl (C=O) groups is 1. The molecule has 9 heteroatoms. The first-order chi connectivity index (χ1) is 10.3. The fourth-order valence-corrected chi connectivity index (χ4v) is 2.01. The molecule has 0 amide bonds. The Morgan fingerprint density at radius 2 is 2.14 bits per heavy atom. The molecule has 0 aliphatic carbocycles. The van der Waals surface area contributed by atoms with E-state index in [1.54, 1.807) is 0 Å². The Balaban J connectivity index is 2.13. The standard InChI is InChI=1S/C13H16N2O7/c1-6(2)12(19)21-5-7-9(17)10(18)11(22-7)15-4-3-8(16)14-13(15)20/h3-4,7,9-11,17-18H,1,5H2,2H3,(H,14,16,20)/t7-,9-,10-,11-/m1/s1. The van der Waals surface area contributed by atoms with Crippen LogP contribution >= 0.6 is 0 Å². The first-order valence-corrected chi connectivity index (χ1v) is 6.47. The number of hydrogen-bond acceptors (Lipinski definition) is 7. The third-order valence-electron chi connectivity index (χ3n) is 3.19. The number of nitrogens with zero attached hydrogens (tertiary/aromatic N) is 1.